The molecule has 1 aliphatic rings. The predicted octanol–water partition coefficient (Wildman–Crippen LogP) is 6.20. The Bertz CT molecular complexity index is 1110. The van der Waals surface area contributed by atoms with Gasteiger partial charge in [0.15, 0.2) is 11.5 Å². The summed E-state index contributed by atoms with van der Waals surface area (Å²) in [4.78, 5) is 20.9. The number of rotatable bonds is 5. The molecule has 0 radical (unpaired) electrons. The van der Waals surface area contributed by atoms with Crippen LogP contribution >= 0.6 is 23.1 Å². The zero-order chi connectivity index (χ0) is 20.3. The van der Waals surface area contributed by atoms with Crippen LogP contribution in [0.2, 0.25) is 0 Å². The molecule has 3 heterocycles. The number of hydrogen-bond acceptors (Lipinski definition) is 5. The largest absolute Gasteiger partial charge is 0.440 e. The number of thiophene rings is 1. The molecule has 4 aromatic rings. The van der Waals surface area contributed by atoms with E-state index in [1.807, 2.05) is 47.4 Å². The van der Waals surface area contributed by atoms with E-state index < -0.39 is 0 Å². The fourth-order valence-corrected chi connectivity index (χ4v) is 5.63. The van der Waals surface area contributed by atoms with Crippen LogP contribution in [0.15, 0.2) is 74.7 Å². The smallest absolute Gasteiger partial charge is 0.254 e. The third-order valence-electron chi connectivity index (χ3n) is 5.53. The van der Waals surface area contributed by atoms with E-state index in [2.05, 4.69) is 27.9 Å². The van der Waals surface area contributed by atoms with Crippen LogP contribution in [0.4, 0.5) is 0 Å². The van der Waals surface area contributed by atoms with Gasteiger partial charge in [0, 0.05) is 29.7 Å². The number of oxazole rings is 1. The molecule has 152 valence electrons. The van der Waals surface area contributed by atoms with Crippen molar-refractivity contribution in [3.8, 4) is 0 Å². The number of piperidine rings is 1. The van der Waals surface area contributed by atoms with Crippen molar-refractivity contribution in [3.63, 3.8) is 0 Å². The van der Waals surface area contributed by atoms with Crippen LogP contribution in [0.25, 0.3) is 11.1 Å². The second-order valence-corrected chi connectivity index (χ2v) is 9.30. The maximum Gasteiger partial charge on any atom is 0.254 e. The van der Waals surface area contributed by atoms with E-state index in [9.17, 15) is 4.79 Å². The van der Waals surface area contributed by atoms with Crippen LogP contribution in [0.1, 0.15) is 40.6 Å². The second-order valence-electron chi connectivity index (χ2n) is 7.50. The highest BCUT2D eigenvalue weighted by Gasteiger charge is 2.28. The molecule has 2 aromatic heterocycles. The summed E-state index contributed by atoms with van der Waals surface area (Å²) < 4.78 is 5.96. The van der Waals surface area contributed by atoms with Gasteiger partial charge in [0.2, 0.25) is 0 Å². The van der Waals surface area contributed by atoms with E-state index in [-0.39, 0.29) is 11.8 Å². The third kappa shape index (κ3) is 4.02. The topological polar surface area (TPSA) is 46.3 Å². The van der Waals surface area contributed by atoms with Crippen molar-refractivity contribution >= 4 is 40.1 Å². The number of carbonyl (C=O) groups is 1. The van der Waals surface area contributed by atoms with Gasteiger partial charge >= 0.3 is 0 Å². The van der Waals surface area contributed by atoms with Gasteiger partial charge in [0.25, 0.3) is 5.91 Å². The molecule has 1 fully saturated rings. The lowest BCUT2D eigenvalue weighted by Gasteiger charge is -2.31. The van der Waals surface area contributed by atoms with Crippen LogP contribution in [0.5, 0.6) is 0 Å². The van der Waals surface area contributed by atoms with E-state index in [0.29, 0.717) is 0 Å². The number of amides is 1. The molecule has 0 spiro atoms. The fourth-order valence-electron chi connectivity index (χ4n) is 3.87. The Morgan fingerprint density at radius 1 is 1.10 bits per heavy atom. The SMILES string of the molecule is O=C(c1ccccc1SCc1ccsc1)N1CCC(c2nc3ccccc3o2)CC1. The average Bonchev–Trinajstić information content (AvgIpc) is 3.47. The first kappa shape index (κ1) is 19.4. The van der Waals surface area contributed by atoms with Crippen LogP contribution < -0.4 is 0 Å². The number of fused-ring (bicyclic) bond motifs is 1. The average molecular weight is 435 g/mol. The molecule has 0 atom stereocenters. The zero-order valence-corrected chi connectivity index (χ0v) is 18.1. The number of para-hydroxylation sites is 2. The maximum absolute atomic E-state index is 13.2. The maximum atomic E-state index is 13.2. The Morgan fingerprint density at radius 3 is 2.70 bits per heavy atom. The Morgan fingerprint density at radius 2 is 1.90 bits per heavy atom. The molecular weight excluding hydrogens is 412 g/mol. The summed E-state index contributed by atoms with van der Waals surface area (Å²) in [6, 6.07) is 18.0. The van der Waals surface area contributed by atoms with Crippen LogP contribution in [0, 0.1) is 0 Å². The number of benzene rings is 2. The zero-order valence-electron chi connectivity index (χ0n) is 16.5. The second kappa shape index (κ2) is 8.66. The van der Waals surface area contributed by atoms with Crippen LogP contribution in [0.3, 0.4) is 0 Å². The fraction of sp³-hybridized carbons (Fsp3) is 0.250. The predicted molar refractivity (Wildman–Crippen MR) is 122 cm³/mol. The standard InChI is InChI=1S/C24H22N2O2S2/c27-24(19-5-1-4-8-22(19)30-16-17-11-14-29-15-17)26-12-9-18(10-13-26)23-25-20-6-2-3-7-21(20)28-23/h1-8,11,14-15,18H,9-10,12-13,16H2. The van der Waals surface area contributed by atoms with Gasteiger partial charge in [-0.1, -0.05) is 24.3 Å². The van der Waals surface area contributed by atoms with Crippen molar-refractivity contribution in [2.75, 3.05) is 13.1 Å². The summed E-state index contributed by atoms with van der Waals surface area (Å²) in [5, 5.41) is 4.25. The molecule has 2 aromatic carbocycles. The molecule has 6 heteroatoms. The molecular formula is C24H22N2O2S2. The normalized spacial score (nSPS) is 15.0. The van der Waals surface area contributed by atoms with Gasteiger partial charge < -0.3 is 9.32 Å². The number of carbonyl (C=O) groups excluding carboxylic acids is 1. The lowest BCUT2D eigenvalue weighted by atomic mass is 9.96. The molecule has 1 aliphatic heterocycles. The van der Waals surface area contributed by atoms with Gasteiger partial charge in [-0.15, -0.1) is 11.8 Å². The minimum absolute atomic E-state index is 0.124. The minimum Gasteiger partial charge on any atom is -0.440 e. The van der Waals surface area contributed by atoms with Crippen LogP contribution in [-0.2, 0) is 5.75 Å². The lowest BCUT2D eigenvalue weighted by Crippen LogP contribution is -2.38. The Labute approximate surface area is 183 Å². The minimum atomic E-state index is 0.124. The van der Waals surface area contributed by atoms with E-state index in [0.717, 1.165) is 59.1 Å². The highest BCUT2D eigenvalue weighted by molar-refractivity contribution is 7.98. The third-order valence-corrected chi connectivity index (χ3v) is 7.41. The number of hydrogen-bond donors (Lipinski definition) is 0. The molecule has 0 aliphatic carbocycles. The van der Waals surface area contributed by atoms with Crippen LogP contribution in [-0.4, -0.2) is 28.9 Å². The Balaban J connectivity index is 1.25. The quantitative estimate of drug-likeness (QED) is 0.351. The first-order valence-electron chi connectivity index (χ1n) is 10.2. The molecule has 0 unspecified atom stereocenters. The van der Waals surface area contributed by atoms with Gasteiger partial charge in [-0.25, -0.2) is 4.98 Å². The molecule has 30 heavy (non-hydrogen) atoms. The molecule has 0 bridgehead atoms. The number of likely N-dealkylation sites (tertiary alicyclic amines) is 1. The van der Waals surface area contributed by atoms with E-state index in [1.165, 1.54) is 5.56 Å². The molecule has 0 saturated carbocycles. The molecule has 5 rings (SSSR count). The summed E-state index contributed by atoms with van der Waals surface area (Å²) in [5.41, 5.74) is 3.84. The Hall–Kier alpha value is -2.57. The van der Waals surface area contributed by atoms with Gasteiger partial charge in [-0.3, -0.25) is 4.79 Å². The number of nitrogens with zero attached hydrogens (tertiary/aromatic N) is 2. The monoisotopic (exact) mass is 434 g/mol. The van der Waals surface area contributed by atoms with Crippen molar-refractivity contribution in [2.24, 2.45) is 0 Å². The van der Waals surface area contributed by atoms with Crippen molar-refractivity contribution in [3.05, 3.63) is 82.4 Å². The number of aromatic nitrogens is 1. The summed E-state index contributed by atoms with van der Waals surface area (Å²) >= 11 is 3.44. The molecule has 1 amide bonds. The van der Waals surface area contributed by atoms with Crippen molar-refractivity contribution in [1.29, 1.82) is 0 Å². The van der Waals surface area contributed by atoms with Gasteiger partial charge in [-0.2, -0.15) is 11.3 Å². The molecule has 4 nitrogen and oxygen atoms in total. The van der Waals surface area contributed by atoms with Gasteiger partial charge in [0.05, 0.1) is 5.56 Å². The van der Waals surface area contributed by atoms with E-state index >= 15 is 0 Å². The molecule has 0 N–H and O–H groups in total. The first-order valence-corrected chi connectivity index (χ1v) is 12.1. The summed E-state index contributed by atoms with van der Waals surface area (Å²) in [5.74, 6) is 2.08. The summed E-state index contributed by atoms with van der Waals surface area (Å²) in [6.07, 6.45) is 1.76. The van der Waals surface area contributed by atoms with Crippen molar-refractivity contribution in [1.82, 2.24) is 9.88 Å². The van der Waals surface area contributed by atoms with Gasteiger partial charge in [0.1, 0.15) is 5.52 Å². The van der Waals surface area contributed by atoms with E-state index in [1.54, 1.807) is 23.1 Å². The highest BCUT2D eigenvalue weighted by atomic mass is 32.2. The van der Waals surface area contributed by atoms with Crippen molar-refractivity contribution in [2.45, 2.75) is 29.4 Å². The summed E-state index contributed by atoms with van der Waals surface area (Å²) in [6.45, 7) is 1.46. The van der Waals surface area contributed by atoms with Gasteiger partial charge in [-0.05, 0) is 59.5 Å². The number of thioether (sulfide) groups is 1. The highest BCUT2D eigenvalue weighted by Crippen LogP contribution is 2.32. The lowest BCUT2D eigenvalue weighted by molar-refractivity contribution is 0.0703. The van der Waals surface area contributed by atoms with Crippen molar-refractivity contribution < 1.29 is 9.21 Å². The molecule has 1 saturated heterocycles. The van der Waals surface area contributed by atoms with E-state index in [4.69, 9.17) is 4.42 Å². The Kier molecular flexibility index (Phi) is 5.60. The first-order chi connectivity index (χ1) is 14.8. The summed E-state index contributed by atoms with van der Waals surface area (Å²) in [7, 11) is 0.